The maximum atomic E-state index is 13.8. The predicted octanol–water partition coefficient (Wildman–Crippen LogP) is 5.74. The summed E-state index contributed by atoms with van der Waals surface area (Å²) in [5, 5.41) is 2.34. The number of anilines is 1. The van der Waals surface area contributed by atoms with E-state index in [-0.39, 0.29) is 23.2 Å². The molecule has 0 atom stereocenters. The third-order valence-electron chi connectivity index (χ3n) is 5.38. The number of sulfonamides is 1. The van der Waals surface area contributed by atoms with Crippen LogP contribution in [0, 0.1) is 11.8 Å². The van der Waals surface area contributed by atoms with Crippen molar-refractivity contribution >= 4 is 27.5 Å². The molecule has 38 heavy (non-hydrogen) atoms. The van der Waals surface area contributed by atoms with E-state index in [1.54, 1.807) is 30.3 Å². The number of nitrogens with one attached hydrogen (secondary N) is 2. The van der Waals surface area contributed by atoms with E-state index in [2.05, 4.69) is 17.2 Å². The number of carbonyl (C=O) groups excluding carboxylic acids is 2. The third-order valence-corrected chi connectivity index (χ3v) is 6.81. The maximum Gasteiger partial charge on any atom is 0.417 e. The van der Waals surface area contributed by atoms with E-state index >= 15 is 0 Å². The number of carbonyl (C=O) groups is 2. The van der Waals surface area contributed by atoms with E-state index in [1.165, 1.54) is 30.3 Å². The van der Waals surface area contributed by atoms with Crippen molar-refractivity contribution < 1.29 is 31.2 Å². The van der Waals surface area contributed by atoms with Gasteiger partial charge in [0, 0.05) is 23.1 Å². The lowest BCUT2D eigenvalue weighted by Crippen LogP contribution is -2.31. The average Bonchev–Trinajstić information content (AvgIpc) is 2.87. The molecule has 0 bridgehead atoms. The molecule has 0 heterocycles. The Morgan fingerprint density at radius 3 is 2.26 bits per heavy atom. The molecule has 0 spiro atoms. The standard InChI is InChI=1S/C28H25F3N2O4S/c1-2-3-5-14-26(34)33-38(36,37)25-13-9-8-12-24(25)32-27(35)22-18-17-21(23(19-22)28(29,30)31)16-15-20-10-6-4-7-11-20/h4,6-13,17-19H,2-3,5,14H2,1H3,(H,32,35)(H,33,34). The minimum atomic E-state index is -4.79. The smallest absolute Gasteiger partial charge is 0.321 e. The molecule has 10 heteroatoms. The maximum absolute atomic E-state index is 13.8. The molecule has 2 amide bonds. The molecule has 0 aliphatic carbocycles. The van der Waals surface area contributed by atoms with Gasteiger partial charge < -0.3 is 5.32 Å². The van der Waals surface area contributed by atoms with Crippen molar-refractivity contribution in [1.29, 1.82) is 0 Å². The van der Waals surface area contributed by atoms with Gasteiger partial charge in [0.1, 0.15) is 4.90 Å². The van der Waals surface area contributed by atoms with E-state index in [4.69, 9.17) is 0 Å². The molecule has 3 rings (SSSR count). The summed E-state index contributed by atoms with van der Waals surface area (Å²) >= 11 is 0. The molecule has 6 nitrogen and oxygen atoms in total. The Labute approximate surface area is 219 Å². The second-order valence-electron chi connectivity index (χ2n) is 8.31. The molecule has 198 valence electrons. The van der Waals surface area contributed by atoms with Crippen molar-refractivity contribution in [2.75, 3.05) is 5.32 Å². The molecule has 0 radical (unpaired) electrons. The molecule has 3 aromatic rings. The highest BCUT2D eigenvalue weighted by atomic mass is 32.2. The third kappa shape index (κ3) is 7.70. The molecule has 0 fully saturated rings. The summed E-state index contributed by atoms with van der Waals surface area (Å²) in [6.45, 7) is 1.94. The fourth-order valence-electron chi connectivity index (χ4n) is 3.48. The summed E-state index contributed by atoms with van der Waals surface area (Å²) < 4.78 is 68.9. The van der Waals surface area contributed by atoms with Gasteiger partial charge in [-0.2, -0.15) is 13.2 Å². The lowest BCUT2D eigenvalue weighted by Gasteiger charge is -2.14. The number of alkyl halides is 3. The first-order valence-electron chi connectivity index (χ1n) is 11.8. The van der Waals surface area contributed by atoms with Crippen LogP contribution in [0.4, 0.5) is 18.9 Å². The van der Waals surface area contributed by atoms with Gasteiger partial charge in [0.05, 0.1) is 11.3 Å². The Morgan fingerprint density at radius 1 is 0.895 bits per heavy atom. The molecule has 3 aromatic carbocycles. The largest absolute Gasteiger partial charge is 0.417 e. The monoisotopic (exact) mass is 542 g/mol. The number of rotatable bonds is 8. The second-order valence-corrected chi connectivity index (χ2v) is 9.96. The summed E-state index contributed by atoms with van der Waals surface area (Å²) in [7, 11) is -4.34. The van der Waals surface area contributed by atoms with E-state index in [9.17, 15) is 31.2 Å². The molecule has 0 saturated heterocycles. The van der Waals surface area contributed by atoms with Crippen molar-refractivity contribution in [2.24, 2.45) is 0 Å². The first-order chi connectivity index (χ1) is 18.0. The van der Waals surface area contributed by atoms with Crippen LogP contribution < -0.4 is 10.0 Å². The van der Waals surface area contributed by atoms with Crippen LogP contribution in [0.2, 0.25) is 0 Å². The van der Waals surface area contributed by atoms with Gasteiger partial charge >= 0.3 is 6.18 Å². The quantitative estimate of drug-likeness (QED) is 0.280. The first-order valence-corrected chi connectivity index (χ1v) is 13.2. The summed E-state index contributed by atoms with van der Waals surface area (Å²) in [6.07, 6.45) is -2.65. The molecule has 0 aromatic heterocycles. The molecule has 0 aliphatic rings. The van der Waals surface area contributed by atoms with Crippen molar-refractivity contribution in [1.82, 2.24) is 4.72 Å². The topological polar surface area (TPSA) is 92.3 Å². The zero-order valence-electron chi connectivity index (χ0n) is 20.4. The Kier molecular flexibility index (Phi) is 9.31. The lowest BCUT2D eigenvalue weighted by atomic mass is 10.0. The zero-order valence-corrected chi connectivity index (χ0v) is 21.2. The number of halogens is 3. The van der Waals surface area contributed by atoms with E-state index in [0.29, 0.717) is 18.1 Å². The van der Waals surface area contributed by atoms with Crippen LogP contribution in [0.25, 0.3) is 0 Å². The van der Waals surface area contributed by atoms with Gasteiger partial charge in [-0.25, -0.2) is 13.1 Å². The number of unbranched alkanes of at least 4 members (excludes halogenated alkanes) is 2. The summed E-state index contributed by atoms with van der Waals surface area (Å²) in [6, 6.07) is 16.7. The van der Waals surface area contributed by atoms with Gasteiger partial charge in [0.25, 0.3) is 15.9 Å². The molecule has 0 unspecified atom stereocenters. The van der Waals surface area contributed by atoms with Crippen LogP contribution in [0.5, 0.6) is 0 Å². The average molecular weight is 543 g/mol. The van der Waals surface area contributed by atoms with Crippen LogP contribution in [0.15, 0.2) is 77.7 Å². The number of hydrogen-bond donors (Lipinski definition) is 2. The Bertz CT molecular complexity index is 1480. The van der Waals surface area contributed by atoms with Gasteiger partial charge in [0.15, 0.2) is 0 Å². The van der Waals surface area contributed by atoms with Gasteiger partial charge in [-0.1, -0.05) is 61.9 Å². The number of para-hydroxylation sites is 1. The number of amides is 2. The number of benzene rings is 3. The van der Waals surface area contributed by atoms with Crippen LogP contribution in [0.1, 0.15) is 59.7 Å². The van der Waals surface area contributed by atoms with Crippen molar-refractivity contribution in [3.63, 3.8) is 0 Å². The highest BCUT2D eigenvalue weighted by Gasteiger charge is 2.34. The molecule has 2 N–H and O–H groups in total. The van der Waals surface area contributed by atoms with E-state index in [0.717, 1.165) is 18.9 Å². The van der Waals surface area contributed by atoms with Crippen LogP contribution >= 0.6 is 0 Å². The van der Waals surface area contributed by atoms with Gasteiger partial charge in [-0.3, -0.25) is 9.59 Å². The lowest BCUT2D eigenvalue weighted by molar-refractivity contribution is -0.137. The first kappa shape index (κ1) is 28.5. The fraction of sp³-hybridized carbons (Fsp3) is 0.214. The molecular weight excluding hydrogens is 517 g/mol. The highest BCUT2D eigenvalue weighted by molar-refractivity contribution is 7.90. The van der Waals surface area contributed by atoms with Crippen LogP contribution in [0.3, 0.4) is 0 Å². The minimum Gasteiger partial charge on any atom is -0.321 e. The molecule has 0 saturated carbocycles. The Morgan fingerprint density at radius 2 is 1.58 bits per heavy atom. The Balaban J connectivity index is 1.87. The molecular formula is C28H25F3N2O4S. The zero-order chi connectivity index (χ0) is 27.8. The minimum absolute atomic E-state index is 0.0152. The second kappa shape index (κ2) is 12.4. The Hall–Kier alpha value is -4.10. The van der Waals surface area contributed by atoms with Gasteiger partial charge in [-0.15, -0.1) is 0 Å². The van der Waals surface area contributed by atoms with Crippen molar-refractivity contribution in [3.05, 3.63) is 95.1 Å². The number of hydrogen-bond acceptors (Lipinski definition) is 4. The predicted molar refractivity (Wildman–Crippen MR) is 138 cm³/mol. The summed E-state index contributed by atoms with van der Waals surface area (Å²) in [5.41, 5.74) is -1.43. The van der Waals surface area contributed by atoms with Crippen molar-refractivity contribution in [2.45, 2.75) is 43.7 Å². The normalized spacial score (nSPS) is 11.3. The molecule has 0 aliphatic heterocycles. The summed E-state index contributed by atoms with van der Waals surface area (Å²) in [5.74, 6) is 3.51. The van der Waals surface area contributed by atoms with E-state index in [1.807, 2.05) is 11.6 Å². The highest BCUT2D eigenvalue weighted by Crippen LogP contribution is 2.33. The SMILES string of the molecule is CCCCCC(=O)NS(=O)(=O)c1ccccc1NC(=O)c1ccc(C#Cc2ccccc2)c(C(F)(F)F)c1. The van der Waals surface area contributed by atoms with Gasteiger partial charge in [0.2, 0.25) is 5.91 Å². The van der Waals surface area contributed by atoms with E-state index < -0.39 is 38.5 Å². The van der Waals surface area contributed by atoms with Crippen LogP contribution in [-0.2, 0) is 21.0 Å². The van der Waals surface area contributed by atoms with Gasteiger partial charge in [-0.05, 0) is 48.9 Å². The van der Waals surface area contributed by atoms with Crippen molar-refractivity contribution in [3.8, 4) is 11.8 Å². The summed E-state index contributed by atoms with van der Waals surface area (Å²) in [4.78, 5) is 24.5. The van der Waals surface area contributed by atoms with Crippen LogP contribution in [-0.4, -0.2) is 20.2 Å². The fourth-order valence-corrected chi connectivity index (χ4v) is 4.66.